The number of fused-ring (bicyclic) bond motifs is 1. The number of nitrogens with zero attached hydrogens (tertiary/aromatic N) is 2. The van der Waals surface area contributed by atoms with Gasteiger partial charge in [0, 0.05) is 36.7 Å². The third-order valence-corrected chi connectivity index (χ3v) is 5.02. The number of hydrogen-bond donors (Lipinski definition) is 0. The molecule has 0 aromatic heterocycles. The first-order valence-corrected chi connectivity index (χ1v) is 7.85. The summed E-state index contributed by atoms with van der Waals surface area (Å²) in [4.78, 5) is 5.32. The van der Waals surface area contributed by atoms with Crippen molar-refractivity contribution >= 4 is 11.6 Å². The molecule has 0 radical (unpaired) electrons. The van der Waals surface area contributed by atoms with Crippen LogP contribution in [0.2, 0.25) is 5.02 Å². The van der Waals surface area contributed by atoms with Gasteiger partial charge in [-0.2, -0.15) is 0 Å². The van der Waals surface area contributed by atoms with Gasteiger partial charge in [0.2, 0.25) is 0 Å². The maximum Gasteiger partial charge on any atom is 0.0406 e. The van der Waals surface area contributed by atoms with Crippen molar-refractivity contribution in [2.45, 2.75) is 38.3 Å². The largest absolute Gasteiger partial charge is 0.298 e. The molecule has 2 saturated heterocycles. The summed E-state index contributed by atoms with van der Waals surface area (Å²) in [5.41, 5.74) is 1.38. The zero-order chi connectivity index (χ0) is 13.2. The number of halogens is 1. The van der Waals surface area contributed by atoms with Gasteiger partial charge in [0.25, 0.3) is 0 Å². The van der Waals surface area contributed by atoms with Gasteiger partial charge in [0.15, 0.2) is 0 Å². The minimum absolute atomic E-state index is 0.501. The highest BCUT2D eigenvalue weighted by Gasteiger charge is 2.30. The molecule has 1 aromatic carbocycles. The second-order valence-electron chi connectivity index (χ2n) is 5.91. The van der Waals surface area contributed by atoms with E-state index in [1.165, 1.54) is 51.0 Å². The fraction of sp³-hybridized carbons (Fsp3) is 0.625. The molecule has 3 heteroatoms. The van der Waals surface area contributed by atoms with Crippen molar-refractivity contribution in [2.75, 3.05) is 26.2 Å². The summed E-state index contributed by atoms with van der Waals surface area (Å²) < 4.78 is 0. The van der Waals surface area contributed by atoms with Gasteiger partial charge >= 0.3 is 0 Å². The highest BCUT2D eigenvalue weighted by atomic mass is 35.5. The van der Waals surface area contributed by atoms with Crippen LogP contribution in [0.4, 0.5) is 0 Å². The van der Waals surface area contributed by atoms with Crippen molar-refractivity contribution in [2.24, 2.45) is 0 Å². The van der Waals surface area contributed by atoms with Gasteiger partial charge in [-0.25, -0.2) is 0 Å². The first kappa shape index (κ1) is 13.4. The van der Waals surface area contributed by atoms with Crippen LogP contribution in [0, 0.1) is 0 Å². The first-order chi connectivity index (χ1) is 9.24. The minimum atomic E-state index is 0.501. The number of piperazine rings is 1. The highest BCUT2D eigenvalue weighted by molar-refractivity contribution is 6.30. The molecule has 2 aliphatic rings. The smallest absolute Gasteiger partial charge is 0.0406 e. The Labute approximate surface area is 121 Å². The van der Waals surface area contributed by atoms with E-state index in [1.807, 2.05) is 12.1 Å². The van der Waals surface area contributed by atoms with Gasteiger partial charge in [-0.15, -0.1) is 0 Å². The average molecular weight is 279 g/mol. The van der Waals surface area contributed by atoms with Crippen molar-refractivity contribution in [3.05, 3.63) is 34.9 Å². The van der Waals surface area contributed by atoms with Crippen molar-refractivity contribution in [3.63, 3.8) is 0 Å². The Bertz CT molecular complexity index is 417. The van der Waals surface area contributed by atoms with E-state index < -0.39 is 0 Å². The highest BCUT2D eigenvalue weighted by Crippen LogP contribution is 2.28. The van der Waals surface area contributed by atoms with E-state index in [4.69, 9.17) is 11.6 Å². The van der Waals surface area contributed by atoms with Gasteiger partial charge in [0.1, 0.15) is 0 Å². The number of benzene rings is 1. The summed E-state index contributed by atoms with van der Waals surface area (Å²) in [6.07, 6.45) is 4.18. The third kappa shape index (κ3) is 2.96. The Morgan fingerprint density at radius 1 is 1.11 bits per heavy atom. The van der Waals surface area contributed by atoms with Crippen molar-refractivity contribution < 1.29 is 0 Å². The molecule has 0 aliphatic carbocycles. The molecule has 2 nitrogen and oxygen atoms in total. The Hall–Kier alpha value is -0.570. The molecule has 0 amide bonds. The summed E-state index contributed by atoms with van der Waals surface area (Å²) in [5.74, 6) is 0. The molecule has 1 aromatic rings. The molecule has 2 atom stereocenters. The lowest BCUT2D eigenvalue weighted by molar-refractivity contribution is 0.0307. The Balaban J connectivity index is 1.67. The second kappa shape index (κ2) is 5.82. The van der Waals surface area contributed by atoms with Crippen LogP contribution < -0.4 is 0 Å². The first-order valence-electron chi connectivity index (χ1n) is 7.47. The van der Waals surface area contributed by atoms with E-state index in [9.17, 15) is 0 Å². The SMILES string of the molecule is CC(c1ccc(Cl)cc1)N1CCN2CCCCC2C1. The standard InChI is InChI=1S/C16H23ClN2/c1-13(14-5-7-15(17)8-6-14)19-11-10-18-9-3-2-4-16(18)12-19/h5-8,13,16H,2-4,9-12H2,1H3. The van der Waals surface area contributed by atoms with Crippen LogP contribution in [-0.4, -0.2) is 42.0 Å². The predicted octanol–water partition coefficient (Wildman–Crippen LogP) is 3.57. The minimum Gasteiger partial charge on any atom is -0.298 e. The van der Waals surface area contributed by atoms with E-state index in [2.05, 4.69) is 28.9 Å². The fourth-order valence-corrected chi connectivity index (χ4v) is 3.61. The van der Waals surface area contributed by atoms with Gasteiger partial charge in [-0.3, -0.25) is 9.80 Å². The van der Waals surface area contributed by atoms with Gasteiger partial charge in [-0.05, 0) is 44.0 Å². The Morgan fingerprint density at radius 3 is 2.68 bits per heavy atom. The van der Waals surface area contributed by atoms with Crippen LogP contribution in [0.5, 0.6) is 0 Å². The van der Waals surface area contributed by atoms with Crippen LogP contribution in [0.1, 0.15) is 37.8 Å². The summed E-state index contributed by atoms with van der Waals surface area (Å²) in [5, 5.41) is 0.827. The summed E-state index contributed by atoms with van der Waals surface area (Å²) in [7, 11) is 0. The van der Waals surface area contributed by atoms with Crippen LogP contribution in [0.3, 0.4) is 0 Å². The molecule has 0 spiro atoms. The molecule has 2 heterocycles. The summed E-state index contributed by atoms with van der Waals surface area (Å²) in [6, 6.07) is 9.63. The zero-order valence-electron chi connectivity index (χ0n) is 11.7. The Kier molecular flexibility index (Phi) is 4.11. The molecule has 19 heavy (non-hydrogen) atoms. The molecule has 0 saturated carbocycles. The lowest BCUT2D eigenvalue weighted by atomic mass is 9.97. The molecule has 2 fully saturated rings. The summed E-state index contributed by atoms with van der Waals surface area (Å²) in [6.45, 7) is 7.29. The second-order valence-corrected chi connectivity index (χ2v) is 6.34. The van der Waals surface area contributed by atoms with Gasteiger partial charge in [-0.1, -0.05) is 30.2 Å². The van der Waals surface area contributed by atoms with E-state index in [1.54, 1.807) is 0 Å². The fourth-order valence-electron chi connectivity index (χ4n) is 3.48. The quantitative estimate of drug-likeness (QED) is 0.816. The molecule has 0 N–H and O–H groups in total. The van der Waals surface area contributed by atoms with Crippen molar-refractivity contribution in [1.29, 1.82) is 0 Å². The maximum absolute atomic E-state index is 5.97. The molecule has 2 aliphatic heterocycles. The number of piperidine rings is 1. The predicted molar refractivity (Wildman–Crippen MR) is 80.7 cm³/mol. The van der Waals surface area contributed by atoms with Crippen molar-refractivity contribution in [3.8, 4) is 0 Å². The van der Waals surface area contributed by atoms with E-state index in [-0.39, 0.29) is 0 Å². The maximum atomic E-state index is 5.97. The zero-order valence-corrected chi connectivity index (χ0v) is 12.4. The summed E-state index contributed by atoms with van der Waals surface area (Å²) >= 11 is 5.97. The lowest BCUT2D eigenvalue weighted by Crippen LogP contribution is -2.55. The van der Waals surface area contributed by atoms with E-state index in [0.29, 0.717) is 6.04 Å². The topological polar surface area (TPSA) is 6.48 Å². The van der Waals surface area contributed by atoms with Crippen LogP contribution >= 0.6 is 11.6 Å². The number of rotatable bonds is 2. The van der Waals surface area contributed by atoms with E-state index >= 15 is 0 Å². The van der Waals surface area contributed by atoms with Crippen LogP contribution in [-0.2, 0) is 0 Å². The van der Waals surface area contributed by atoms with Crippen LogP contribution in [0.15, 0.2) is 24.3 Å². The molecule has 2 unspecified atom stereocenters. The molecular weight excluding hydrogens is 256 g/mol. The molecule has 104 valence electrons. The van der Waals surface area contributed by atoms with Crippen LogP contribution in [0.25, 0.3) is 0 Å². The monoisotopic (exact) mass is 278 g/mol. The van der Waals surface area contributed by atoms with Gasteiger partial charge in [0.05, 0.1) is 0 Å². The van der Waals surface area contributed by atoms with Crippen molar-refractivity contribution in [1.82, 2.24) is 9.80 Å². The Morgan fingerprint density at radius 2 is 1.89 bits per heavy atom. The van der Waals surface area contributed by atoms with Gasteiger partial charge < -0.3 is 0 Å². The van der Waals surface area contributed by atoms with E-state index in [0.717, 1.165) is 11.1 Å². The third-order valence-electron chi connectivity index (χ3n) is 4.77. The average Bonchev–Trinajstić information content (AvgIpc) is 2.47. The molecular formula is C16H23ClN2. The number of hydrogen-bond acceptors (Lipinski definition) is 2. The molecule has 3 rings (SSSR count). The lowest BCUT2D eigenvalue weighted by Gasteiger charge is -2.46. The molecule has 0 bridgehead atoms. The normalized spacial score (nSPS) is 26.9.